The van der Waals surface area contributed by atoms with Gasteiger partial charge >= 0.3 is 12.1 Å². The summed E-state index contributed by atoms with van der Waals surface area (Å²) >= 11 is 1.43. The number of pyridine rings is 1. The van der Waals surface area contributed by atoms with Crippen LogP contribution >= 0.6 is 11.3 Å². The minimum absolute atomic E-state index is 0.00362. The molecule has 6 aliphatic rings. The molecule has 4 bridgehead atoms. The van der Waals surface area contributed by atoms with Crippen LogP contribution in [0.1, 0.15) is 128 Å². The molecule has 2 aliphatic heterocycles. The number of fused-ring (bicyclic) bond motifs is 2. The maximum absolute atomic E-state index is 13.8. The Hall–Kier alpha value is -7.97. The van der Waals surface area contributed by atoms with Gasteiger partial charge in [0.05, 0.1) is 35.2 Å². The second-order valence-electron chi connectivity index (χ2n) is 24.5. The van der Waals surface area contributed by atoms with Crippen LogP contribution in [0.3, 0.4) is 0 Å². The standard InChI is InChI=1S/C64H72N9O10S/c1-42-47(45-21-22-52(68-56(45)58(78)79)71-28-25-43-15-12-16-46(48(43)33-71)57(77)69-59-67-49-17-8-10-19-51(49)84-59)32-66-73(42)41-63-36-61(2)35-62(3,37-63)39-64(38-61,40-63)83-31-29-70(4)60(80)82-34-44-14-7-9-18-50(44)81-30-13-26-65-53(74)20-6-5-11-27-72-54(75)23-24-55(72)76/h7-8,10,12,14-19,21-24,32H,5-6,11,13,20,25-31,33-41H2,1-4H3,(H,65,74)(H,78,79)(H,67,69,77). The van der Waals surface area contributed by atoms with E-state index in [1.165, 1.54) is 28.4 Å². The van der Waals surface area contributed by atoms with Crippen molar-refractivity contribution in [1.29, 1.82) is 0 Å². The molecule has 84 heavy (non-hydrogen) atoms. The maximum atomic E-state index is 13.8. The van der Waals surface area contributed by atoms with Gasteiger partial charge < -0.3 is 34.4 Å². The predicted molar refractivity (Wildman–Crippen MR) is 316 cm³/mol. The monoisotopic (exact) mass is 1160 g/mol. The molecule has 0 saturated heterocycles. The van der Waals surface area contributed by atoms with Gasteiger partial charge in [0.2, 0.25) is 5.91 Å². The number of benzene rings is 3. The Morgan fingerprint density at radius 3 is 2.45 bits per heavy atom. The number of nitrogens with zero attached hydrogens (tertiary/aromatic N) is 7. The van der Waals surface area contributed by atoms with Crippen molar-refractivity contribution in [2.45, 2.75) is 123 Å². The first-order valence-electron chi connectivity index (χ1n) is 29.1. The molecule has 5 heterocycles. The fraction of sp³-hybridized carbons (Fsp3) is 0.453. The molecular formula is C64H72N9O10S. The number of carbonyl (C=O) groups is 6. The number of unbranched alkanes of at least 4 members (excludes halogenated alkanes) is 2. The van der Waals surface area contributed by atoms with Gasteiger partial charge in [0.1, 0.15) is 18.2 Å². The Labute approximate surface area is 492 Å². The van der Waals surface area contributed by atoms with Crippen LogP contribution in [0.2, 0.25) is 0 Å². The lowest BCUT2D eigenvalue weighted by molar-refractivity contribution is -0.248. The molecule has 19 nitrogen and oxygen atoms in total. The summed E-state index contributed by atoms with van der Waals surface area (Å²) in [5.41, 5.74) is 5.62. The zero-order chi connectivity index (χ0) is 58.8. The highest BCUT2D eigenvalue weighted by molar-refractivity contribution is 7.22. The average molecular weight is 1160 g/mol. The largest absolute Gasteiger partial charge is 0.493 e. The van der Waals surface area contributed by atoms with Crippen LogP contribution in [0.5, 0.6) is 5.75 Å². The average Bonchev–Trinajstić information content (AvgIpc) is 0.780. The number of hydrogen-bond acceptors (Lipinski definition) is 14. The Morgan fingerprint density at radius 1 is 0.869 bits per heavy atom. The number of anilines is 2. The molecule has 6 aromatic rings. The van der Waals surface area contributed by atoms with E-state index in [2.05, 4.69) is 40.2 Å². The highest BCUT2D eigenvalue weighted by Crippen LogP contribution is 2.72. The SMILES string of the molecule is Cc1c(-c2ccc(N3CCc4cccc(C(=O)Nc5nc6ccccc6s5)c4C3)nc2C(=O)O)cnn1CC12CC3(C)CC(C)(C1)CC(OCCN(C)C(=O)OCc1cc[c]cc1OCCCNC(=O)CCCCCN1C(=O)C=CC1=O)(C3)C2. The molecule has 4 aliphatic carbocycles. The number of aromatic nitrogens is 4. The lowest BCUT2D eigenvalue weighted by Gasteiger charge is -2.69. The first-order chi connectivity index (χ1) is 40.4. The third-order valence-corrected chi connectivity index (χ3v) is 18.4. The Morgan fingerprint density at radius 2 is 1.67 bits per heavy atom. The predicted octanol–water partition coefficient (Wildman–Crippen LogP) is 9.95. The molecule has 20 heteroatoms. The molecule has 2 atom stereocenters. The second-order valence-corrected chi connectivity index (χ2v) is 25.5. The third-order valence-electron chi connectivity index (χ3n) is 17.5. The zero-order valence-electron chi connectivity index (χ0n) is 48.2. The number of para-hydroxylation sites is 1. The van der Waals surface area contributed by atoms with Gasteiger partial charge in [-0.05, 0) is 141 Å². The molecule has 3 aromatic carbocycles. The van der Waals surface area contributed by atoms with E-state index in [0.29, 0.717) is 124 Å². The molecule has 439 valence electrons. The number of thiazole rings is 1. The van der Waals surface area contributed by atoms with Crippen LogP contribution < -0.4 is 20.3 Å². The first kappa shape index (κ1) is 57.8. The molecular weight excluding hydrogens is 1090 g/mol. The smallest absolute Gasteiger partial charge is 0.409 e. The van der Waals surface area contributed by atoms with Gasteiger partial charge in [-0.1, -0.05) is 68.0 Å². The van der Waals surface area contributed by atoms with Gasteiger partial charge in [-0.25, -0.2) is 19.6 Å². The van der Waals surface area contributed by atoms with Gasteiger partial charge in [0, 0.05) is 92.8 Å². The first-order valence-corrected chi connectivity index (χ1v) is 29.9. The summed E-state index contributed by atoms with van der Waals surface area (Å²) < 4.78 is 21.8. The van der Waals surface area contributed by atoms with Crippen LogP contribution in [0.25, 0.3) is 21.3 Å². The van der Waals surface area contributed by atoms with E-state index in [9.17, 15) is 33.9 Å². The molecule has 4 saturated carbocycles. The van der Waals surface area contributed by atoms with E-state index in [1.54, 1.807) is 36.3 Å². The summed E-state index contributed by atoms with van der Waals surface area (Å²) in [7, 11) is 1.71. The highest BCUT2D eigenvalue weighted by Gasteiger charge is 2.66. The highest BCUT2D eigenvalue weighted by atomic mass is 32.1. The van der Waals surface area contributed by atoms with Crippen LogP contribution in [0, 0.1) is 29.2 Å². The van der Waals surface area contributed by atoms with Crippen molar-refractivity contribution in [2.75, 3.05) is 56.7 Å². The Bertz CT molecular complexity index is 3490. The molecule has 3 N–H and O–H groups in total. The number of nitrogens with one attached hydrogen (secondary N) is 2. The topological polar surface area (TPSA) is 228 Å². The minimum Gasteiger partial charge on any atom is -0.493 e. The maximum Gasteiger partial charge on any atom is 0.409 e. The van der Waals surface area contributed by atoms with E-state index in [-0.39, 0.29) is 57.8 Å². The summed E-state index contributed by atoms with van der Waals surface area (Å²) in [5, 5.41) is 22.1. The van der Waals surface area contributed by atoms with Crippen LogP contribution in [0.15, 0.2) is 91.1 Å². The summed E-state index contributed by atoms with van der Waals surface area (Å²) in [6.07, 6.45) is 13.3. The molecule has 1 radical (unpaired) electrons. The molecule has 2 unspecified atom stereocenters. The minimum atomic E-state index is -1.14. The van der Waals surface area contributed by atoms with Gasteiger partial charge in [-0.2, -0.15) is 5.10 Å². The molecule has 4 fully saturated rings. The van der Waals surface area contributed by atoms with Gasteiger partial charge in [0.15, 0.2) is 10.8 Å². The van der Waals surface area contributed by atoms with Crippen molar-refractivity contribution in [1.82, 2.24) is 34.9 Å². The van der Waals surface area contributed by atoms with E-state index >= 15 is 0 Å². The molecule has 0 spiro atoms. The summed E-state index contributed by atoms with van der Waals surface area (Å²) in [5.74, 6) is -0.965. The number of likely N-dealkylation sites (N-methyl/N-ethyl adjacent to an activating group) is 1. The van der Waals surface area contributed by atoms with E-state index in [1.807, 2.05) is 66.4 Å². The molecule has 5 amide bonds. The van der Waals surface area contributed by atoms with Gasteiger partial charge in [0.25, 0.3) is 17.7 Å². The van der Waals surface area contributed by atoms with Crippen LogP contribution in [-0.2, 0) is 50.0 Å². The number of aromatic carboxylic acids is 1. The Kier molecular flexibility index (Phi) is 16.5. The number of amides is 5. The van der Waals surface area contributed by atoms with Crippen molar-refractivity contribution in [3.8, 4) is 16.9 Å². The summed E-state index contributed by atoms with van der Waals surface area (Å²) in [6, 6.07) is 25.5. The van der Waals surface area contributed by atoms with Crippen molar-refractivity contribution in [2.24, 2.45) is 16.2 Å². The zero-order valence-corrected chi connectivity index (χ0v) is 49.0. The van der Waals surface area contributed by atoms with Crippen LogP contribution in [-0.4, -0.2) is 122 Å². The van der Waals surface area contributed by atoms with Crippen LogP contribution in [0.4, 0.5) is 15.7 Å². The molecule has 3 aromatic heterocycles. The normalized spacial score (nSPS) is 22.1. The number of ether oxygens (including phenoxy) is 3. The van der Waals surface area contributed by atoms with Crippen molar-refractivity contribution in [3.05, 3.63) is 131 Å². The van der Waals surface area contributed by atoms with Gasteiger partial charge in [-0.3, -0.25) is 34.1 Å². The van der Waals surface area contributed by atoms with E-state index in [4.69, 9.17) is 24.3 Å². The fourth-order valence-electron chi connectivity index (χ4n) is 14.8. The number of imide groups is 1. The summed E-state index contributed by atoms with van der Waals surface area (Å²) in [4.78, 5) is 90.2. The lowest BCUT2D eigenvalue weighted by atomic mass is 9.39. The molecule has 12 rings (SSSR count). The van der Waals surface area contributed by atoms with Gasteiger partial charge in [-0.15, -0.1) is 0 Å². The number of carbonyl (C=O) groups excluding carboxylic acids is 5. The Balaban J connectivity index is 0.668. The number of carboxylic acid groups (broad SMARTS) is 1. The fourth-order valence-corrected chi connectivity index (χ4v) is 15.7. The van der Waals surface area contributed by atoms with E-state index < -0.39 is 12.1 Å². The number of carboxylic acids is 1. The second kappa shape index (κ2) is 24.0. The third kappa shape index (κ3) is 12.6. The van der Waals surface area contributed by atoms with Crippen molar-refractivity contribution >= 4 is 68.2 Å². The quantitative estimate of drug-likeness (QED) is 0.0379. The lowest BCUT2D eigenvalue weighted by Crippen LogP contribution is -2.64. The number of hydrogen-bond donors (Lipinski definition) is 3. The van der Waals surface area contributed by atoms with Crippen molar-refractivity contribution < 1.29 is 48.1 Å². The van der Waals surface area contributed by atoms with E-state index in [0.717, 1.165) is 72.0 Å². The summed E-state index contributed by atoms with van der Waals surface area (Å²) in [6.45, 7) is 10.2. The number of rotatable bonds is 24. The van der Waals surface area contributed by atoms with Crippen molar-refractivity contribution in [3.63, 3.8) is 0 Å².